The summed E-state index contributed by atoms with van der Waals surface area (Å²) in [5.74, 6) is 0.0417. The Kier molecular flexibility index (Phi) is 6.53. The topological polar surface area (TPSA) is 75.3 Å². The van der Waals surface area contributed by atoms with E-state index >= 15 is 0 Å². The number of halogens is 1. The van der Waals surface area contributed by atoms with Crippen molar-refractivity contribution in [3.8, 4) is 0 Å². The molecule has 0 atom stereocenters. The number of nitrogens with one attached hydrogen (secondary N) is 2. The lowest BCUT2D eigenvalue weighted by molar-refractivity contribution is -0.123. The van der Waals surface area contributed by atoms with Gasteiger partial charge in [0.25, 0.3) is 10.0 Å². The van der Waals surface area contributed by atoms with E-state index < -0.39 is 15.4 Å². The van der Waals surface area contributed by atoms with E-state index in [0.29, 0.717) is 17.3 Å². The molecule has 4 rings (SSSR count). The first-order valence-corrected chi connectivity index (χ1v) is 12.5. The second-order valence-electron chi connectivity index (χ2n) is 8.06. The van der Waals surface area contributed by atoms with E-state index in [1.165, 1.54) is 29.8 Å². The van der Waals surface area contributed by atoms with Crippen LogP contribution in [0, 0.1) is 0 Å². The van der Waals surface area contributed by atoms with Gasteiger partial charge in [0, 0.05) is 17.3 Å². The Hall–Kier alpha value is -2.83. The maximum atomic E-state index is 12.8. The van der Waals surface area contributed by atoms with E-state index in [1.807, 2.05) is 30.3 Å². The van der Waals surface area contributed by atoms with Gasteiger partial charge in [0.05, 0.1) is 10.3 Å². The molecular weight excluding hydrogens is 444 g/mol. The average Bonchev–Trinajstić information content (AvgIpc) is 3.60. The van der Waals surface area contributed by atoms with Gasteiger partial charge in [0.2, 0.25) is 5.91 Å². The summed E-state index contributed by atoms with van der Waals surface area (Å²) in [7, 11) is -3.70. The Balaban J connectivity index is 1.34. The fraction of sp³-hybridized carbons (Fsp3) is 0.240. The lowest BCUT2D eigenvalue weighted by atomic mass is 9.94. The molecule has 1 fully saturated rings. The van der Waals surface area contributed by atoms with Crippen molar-refractivity contribution in [1.29, 1.82) is 0 Å². The van der Waals surface area contributed by atoms with Gasteiger partial charge in [-0.1, -0.05) is 54.1 Å². The van der Waals surface area contributed by atoms with Crippen LogP contribution in [0.1, 0.15) is 30.4 Å². The Morgan fingerprint density at radius 1 is 0.906 bits per heavy atom. The number of hydrogen-bond donors (Lipinski definition) is 2. The molecule has 0 bridgehead atoms. The summed E-state index contributed by atoms with van der Waals surface area (Å²) >= 11 is 5.83. The van der Waals surface area contributed by atoms with Gasteiger partial charge in [-0.2, -0.15) is 0 Å². The highest BCUT2D eigenvalue weighted by Crippen LogP contribution is 2.48. The van der Waals surface area contributed by atoms with E-state index in [-0.39, 0.29) is 10.8 Å². The third kappa shape index (κ3) is 5.14. The summed E-state index contributed by atoms with van der Waals surface area (Å²) in [6, 6.07) is 23.3. The van der Waals surface area contributed by atoms with Crippen LogP contribution in [0.25, 0.3) is 0 Å². The van der Waals surface area contributed by atoms with Crippen molar-refractivity contribution in [3.63, 3.8) is 0 Å². The molecule has 1 saturated carbocycles. The second kappa shape index (κ2) is 9.35. The normalized spacial score (nSPS) is 14.5. The number of hydrogen-bond acceptors (Lipinski definition) is 3. The first-order chi connectivity index (χ1) is 15.4. The van der Waals surface area contributed by atoms with Crippen LogP contribution in [-0.2, 0) is 26.7 Å². The molecule has 0 spiro atoms. The van der Waals surface area contributed by atoms with Crippen LogP contribution in [0.15, 0.2) is 83.8 Å². The van der Waals surface area contributed by atoms with Crippen LogP contribution in [0.4, 0.5) is 5.69 Å². The van der Waals surface area contributed by atoms with Crippen molar-refractivity contribution < 1.29 is 13.2 Å². The molecule has 0 aliphatic heterocycles. The molecule has 0 radical (unpaired) electrons. The molecule has 32 heavy (non-hydrogen) atoms. The maximum Gasteiger partial charge on any atom is 0.261 e. The highest BCUT2D eigenvalue weighted by molar-refractivity contribution is 7.92. The lowest BCUT2D eigenvalue weighted by Gasteiger charge is -2.17. The molecule has 1 aliphatic rings. The van der Waals surface area contributed by atoms with Crippen LogP contribution in [-0.4, -0.2) is 20.9 Å². The van der Waals surface area contributed by atoms with Gasteiger partial charge in [-0.25, -0.2) is 8.42 Å². The van der Waals surface area contributed by atoms with Crippen molar-refractivity contribution in [1.82, 2.24) is 5.32 Å². The first-order valence-electron chi connectivity index (χ1n) is 10.6. The molecule has 2 N–H and O–H groups in total. The molecule has 7 heteroatoms. The van der Waals surface area contributed by atoms with Gasteiger partial charge < -0.3 is 5.32 Å². The molecule has 3 aromatic rings. The predicted octanol–water partition coefficient (Wildman–Crippen LogP) is 4.92. The van der Waals surface area contributed by atoms with Gasteiger partial charge in [-0.3, -0.25) is 9.52 Å². The number of anilines is 1. The van der Waals surface area contributed by atoms with Crippen LogP contribution >= 0.6 is 11.6 Å². The Labute approximate surface area is 193 Å². The summed E-state index contributed by atoms with van der Waals surface area (Å²) in [6.07, 6.45) is 3.41. The highest BCUT2D eigenvalue weighted by Gasteiger charge is 2.51. The predicted molar refractivity (Wildman–Crippen MR) is 127 cm³/mol. The zero-order chi connectivity index (χ0) is 22.6. The summed E-state index contributed by atoms with van der Waals surface area (Å²) in [5.41, 5.74) is 2.12. The Morgan fingerprint density at radius 3 is 2.19 bits per heavy atom. The second-order valence-corrected chi connectivity index (χ2v) is 10.2. The number of carbonyl (C=O) groups is 1. The van der Waals surface area contributed by atoms with Crippen LogP contribution in [0.2, 0.25) is 5.02 Å². The lowest BCUT2D eigenvalue weighted by Crippen LogP contribution is -2.35. The number of amides is 1. The van der Waals surface area contributed by atoms with E-state index in [4.69, 9.17) is 11.6 Å². The molecule has 1 aliphatic carbocycles. The zero-order valence-corrected chi connectivity index (χ0v) is 19.1. The van der Waals surface area contributed by atoms with Crippen molar-refractivity contribution in [2.45, 2.75) is 36.0 Å². The molecule has 166 valence electrons. The first kappa shape index (κ1) is 22.4. The van der Waals surface area contributed by atoms with E-state index in [2.05, 4.69) is 22.2 Å². The molecule has 0 saturated heterocycles. The summed E-state index contributed by atoms with van der Waals surface area (Å²) in [4.78, 5) is 13.0. The quantitative estimate of drug-likeness (QED) is 0.437. The average molecular weight is 469 g/mol. The summed E-state index contributed by atoms with van der Waals surface area (Å²) in [5, 5.41) is 3.55. The van der Waals surface area contributed by atoms with E-state index in [9.17, 15) is 13.2 Å². The fourth-order valence-electron chi connectivity index (χ4n) is 3.77. The molecule has 3 aromatic carbocycles. The number of sulfonamides is 1. The van der Waals surface area contributed by atoms with Gasteiger partial charge in [0.1, 0.15) is 0 Å². The summed E-state index contributed by atoms with van der Waals surface area (Å²) in [6.45, 7) is 0.633. The third-order valence-electron chi connectivity index (χ3n) is 5.77. The molecule has 0 aromatic heterocycles. The maximum absolute atomic E-state index is 12.8. The van der Waals surface area contributed by atoms with Gasteiger partial charge in [-0.05, 0) is 73.2 Å². The molecule has 0 unspecified atom stereocenters. The number of rotatable bonds is 9. The minimum atomic E-state index is -3.70. The Morgan fingerprint density at radius 2 is 1.56 bits per heavy atom. The van der Waals surface area contributed by atoms with Crippen molar-refractivity contribution >= 4 is 33.2 Å². The van der Waals surface area contributed by atoms with Crippen LogP contribution in [0.3, 0.4) is 0 Å². The third-order valence-corrected chi connectivity index (χ3v) is 7.42. The highest BCUT2D eigenvalue weighted by atomic mass is 35.5. The SMILES string of the molecule is O=C(NCCCc1ccccc1)C1(c2ccc(NS(=O)(=O)c3ccc(Cl)cc3)cc2)CC1. The minimum Gasteiger partial charge on any atom is -0.355 e. The van der Waals surface area contributed by atoms with Gasteiger partial charge in [-0.15, -0.1) is 0 Å². The fourth-order valence-corrected chi connectivity index (χ4v) is 4.95. The van der Waals surface area contributed by atoms with Crippen LogP contribution < -0.4 is 10.0 Å². The number of carbonyl (C=O) groups excluding carboxylic acids is 1. The molecular formula is C25H25ClN2O3S. The van der Waals surface area contributed by atoms with E-state index in [1.54, 1.807) is 12.1 Å². The van der Waals surface area contributed by atoms with Gasteiger partial charge >= 0.3 is 0 Å². The summed E-state index contributed by atoms with van der Waals surface area (Å²) < 4.78 is 27.7. The van der Waals surface area contributed by atoms with E-state index in [0.717, 1.165) is 31.2 Å². The smallest absolute Gasteiger partial charge is 0.261 e. The van der Waals surface area contributed by atoms with Crippen molar-refractivity contribution in [3.05, 3.63) is 95.0 Å². The zero-order valence-electron chi connectivity index (χ0n) is 17.6. The van der Waals surface area contributed by atoms with Crippen LogP contribution in [0.5, 0.6) is 0 Å². The Bertz CT molecular complexity index is 1170. The monoisotopic (exact) mass is 468 g/mol. The number of benzene rings is 3. The number of aryl methyl sites for hydroxylation is 1. The molecule has 1 amide bonds. The van der Waals surface area contributed by atoms with Crippen molar-refractivity contribution in [2.24, 2.45) is 0 Å². The molecule has 0 heterocycles. The minimum absolute atomic E-state index is 0.0417. The largest absolute Gasteiger partial charge is 0.355 e. The molecule has 5 nitrogen and oxygen atoms in total. The van der Waals surface area contributed by atoms with Crippen molar-refractivity contribution in [2.75, 3.05) is 11.3 Å². The van der Waals surface area contributed by atoms with Gasteiger partial charge in [0.15, 0.2) is 0 Å². The standard InChI is InChI=1S/C25H25ClN2O3S/c26-21-10-14-23(15-11-21)32(30,31)28-22-12-8-20(9-13-22)25(16-17-25)24(29)27-18-4-7-19-5-2-1-3-6-19/h1-3,5-6,8-15,28H,4,7,16-18H2,(H,27,29).